The normalized spacial score (nSPS) is 26.2. The van der Waals surface area contributed by atoms with E-state index in [2.05, 4.69) is 33.0 Å². The van der Waals surface area contributed by atoms with E-state index in [1.54, 1.807) is 18.2 Å². The van der Waals surface area contributed by atoms with Crippen molar-refractivity contribution in [1.29, 1.82) is 0 Å². The number of likely N-dealkylation sites (tertiary alicyclic amines) is 1. The molecule has 3 aliphatic rings. The van der Waals surface area contributed by atoms with Crippen LogP contribution >= 0.6 is 0 Å². The summed E-state index contributed by atoms with van der Waals surface area (Å²) in [4.78, 5) is 25.2. The van der Waals surface area contributed by atoms with Gasteiger partial charge in [0.05, 0.1) is 17.2 Å². The molecule has 0 aromatic heterocycles. The third-order valence-corrected chi connectivity index (χ3v) is 8.06. The van der Waals surface area contributed by atoms with E-state index >= 15 is 4.39 Å². The summed E-state index contributed by atoms with van der Waals surface area (Å²) in [5, 5.41) is 13.8. The number of benzene rings is 1. The lowest BCUT2D eigenvalue weighted by Crippen LogP contribution is -2.52. The van der Waals surface area contributed by atoms with Crippen LogP contribution < -0.4 is 10.1 Å². The standard InChI is InChI=1S/C31H43FN2O5/c1-19-23(28(36)33-25-12-13-27(35)34(6)29(25)37)8-7-9-26(19)38-18-22-11-10-20(15-24(22)32)14-21-16-30(2,3)39-31(4,5)17-21/h7-11,21,24-25,28,33,36H,12-18H2,1-6H3/t24?,25-,28?/m1/s1. The highest BCUT2D eigenvalue weighted by Gasteiger charge is 2.39. The lowest BCUT2D eigenvalue weighted by atomic mass is 9.76. The first-order valence-electron chi connectivity index (χ1n) is 13.9. The van der Waals surface area contributed by atoms with Gasteiger partial charge >= 0.3 is 0 Å². The number of ether oxygens (including phenoxy) is 2. The summed E-state index contributed by atoms with van der Waals surface area (Å²) in [5.74, 6) is 0.430. The van der Waals surface area contributed by atoms with Crippen molar-refractivity contribution in [3.8, 4) is 5.75 Å². The molecule has 2 saturated heterocycles. The Morgan fingerprint density at radius 3 is 2.54 bits per heavy atom. The van der Waals surface area contributed by atoms with Crippen molar-refractivity contribution in [2.24, 2.45) is 5.92 Å². The minimum atomic E-state index is -1.11. The Balaban J connectivity index is 1.37. The van der Waals surface area contributed by atoms with Gasteiger partial charge in [0.25, 0.3) is 0 Å². The van der Waals surface area contributed by atoms with E-state index in [4.69, 9.17) is 9.47 Å². The maximum absolute atomic E-state index is 15.2. The zero-order valence-electron chi connectivity index (χ0n) is 24.1. The number of likely N-dealkylation sites (N-methyl/N-ethyl adjacent to an activating group) is 1. The number of alkyl halides is 1. The number of imide groups is 1. The molecule has 0 saturated carbocycles. The highest BCUT2D eigenvalue weighted by Crippen LogP contribution is 2.42. The fraction of sp³-hybridized carbons (Fsp3) is 0.613. The number of hydrogen-bond donors (Lipinski definition) is 2. The molecule has 1 aromatic rings. The average Bonchev–Trinajstić information content (AvgIpc) is 2.82. The largest absolute Gasteiger partial charge is 0.489 e. The highest BCUT2D eigenvalue weighted by atomic mass is 19.1. The molecule has 39 heavy (non-hydrogen) atoms. The second-order valence-corrected chi connectivity index (χ2v) is 12.5. The minimum Gasteiger partial charge on any atom is -0.489 e. The van der Waals surface area contributed by atoms with E-state index < -0.39 is 18.4 Å². The van der Waals surface area contributed by atoms with Crippen LogP contribution in [0.25, 0.3) is 0 Å². The summed E-state index contributed by atoms with van der Waals surface area (Å²) in [7, 11) is 1.45. The summed E-state index contributed by atoms with van der Waals surface area (Å²) in [6.07, 6.45) is 5.44. The van der Waals surface area contributed by atoms with Crippen LogP contribution in [0.4, 0.5) is 4.39 Å². The Labute approximate surface area is 231 Å². The summed E-state index contributed by atoms with van der Waals surface area (Å²) < 4.78 is 27.4. The van der Waals surface area contributed by atoms with Crippen molar-refractivity contribution >= 4 is 11.8 Å². The molecule has 8 heteroatoms. The summed E-state index contributed by atoms with van der Waals surface area (Å²) in [6, 6.07) is 4.66. The smallest absolute Gasteiger partial charge is 0.246 e. The van der Waals surface area contributed by atoms with Gasteiger partial charge < -0.3 is 14.6 Å². The molecule has 2 fully saturated rings. The number of aliphatic hydroxyl groups is 1. The Kier molecular flexibility index (Phi) is 8.69. The van der Waals surface area contributed by atoms with Crippen LogP contribution in [0, 0.1) is 12.8 Å². The molecule has 1 aliphatic carbocycles. The number of halogens is 1. The summed E-state index contributed by atoms with van der Waals surface area (Å²) in [6.45, 7) is 10.5. The molecule has 0 radical (unpaired) electrons. The number of carbonyl (C=O) groups excluding carboxylic acids is 2. The van der Waals surface area contributed by atoms with E-state index in [0.717, 1.165) is 29.7 Å². The molecular formula is C31H43FN2O5. The van der Waals surface area contributed by atoms with Gasteiger partial charge in [-0.05, 0) is 77.8 Å². The monoisotopic (exact) mass is 542 g/mol. The van der Waals surface area contributed by atoms with E-state index in [1.165, 1.54) is 7.05 Å². The van der Waals surface area contributed by atoms with Gasteiger partial charge in [-0.15, -0.1) is 0 Å². The van der Waals surface area contributed by atoms with Gasteiger partial charge in [0.1, 0.15) is 24.8 Å². The first-order chi connectivity index (χ1) is 18.2. The van der Waals surface area contributed by atoms with Crippen molar-refractivity contribution in [3.63, 3.8) is 0 Å². The highest BCUT2D eigenvalue weighted by molar-refractivity contribution is 6.00. The first kappa shape index (κ1) is 29.4. The maximum Gasteiger partial charge on any atom is 0.246 e. The quantitative estimate of drug-likeness (QED) is 0.352. The number of hydrogen-bond acceptors (Lipinski definition) is 6. The Morgan fingerprint density at radius 2 is 1.87 bits per heavy atom. The third-order valence-electron chi connectivity index (χ3n) is 8.06. The molecule has 4 rings (SSSR count). The zero-order chi connectivity index (χ0) is 28.5. The van der Waals surface area contributed by atoms with Gasteiger partial charge in [-0.3, -0.25) is 19.8 Å². The molecule has 1 aromatic carbocycles. The molecule has 0 bridgehead atoms. The Bertz CT molecular complexity index is 1140. The van der Waals surface area contributed by atoms with Crippen LogP contribution in [-0.2, 0) is 14.3 Å². The number of rotatable bonds is 8. The van der Waals surface area contributed by atoms with Gasteiger partial charge in [-0.2, -0.15) is 0 Å². The number of carbonyl (C=O) groups is 2. The molecule has 2 amide bonds. The molecule has 0 spiro atoms. The number of piperidine rings is 1. The molecule has 2 aliphatic heterocycles. The van der Waals surface area contributed by atoms with Gasteiger partial charge in [0, 0.05) is 31.0 Å². The van der Waals surface area contributed by atoms with Crippen molar-refractivity contribution in [2.75, 3.05) is 13.7 Å². The fourth-order valence-corrected chi connectivity index (χ4v) is 6.45. The summed E-state index contributed by atoms with van der Waals surface area (Å²) in [5.41, 5.74) is 2.64. The molecular weight excluding hydrogens is 499 g/mol. The number of aliphatic hydroxyl groups excluding tert-OH is 1. The fourth-order valence-electron chi connectivity index (χ4n) is 6.45. The SMILES string of the molecule is Cc1c(OCC2=CC=C(CC3CC(C)(C)OC(C)(C)C3)CC2F)cccc1C(O)N[C@@H]1CCC(=O)N(C)C1=O. The van der Waals surface area contributed by atoms with Crippen LogP contribution in [0.3, 0.4) is 0 Å². The van der Waals surface area contributed by atoms with Crippen LogP contribution in [-0.4, -0.2) is 58.9 Å². The van der Waals surface area contributed by atoms with Gasteiger partial charge in [0.15, 0.2) is 0 Å². The van der Waals surface area contributed by atoms with Gasteiger partial charge in [-0.25, -0.2) is 4.39 Å². The molecule has 214 valence electrons. The van der Waals surface area contributed by atoms with Crippen molar-refractivity contribution in [3.05, 3.63) is 52.6 Å². The predicted molar refractivity (Wildman–Crippen MR) is 148 cm³/mol. The third kappa shape index (κ3) is 7.16. The molecule has 2 heterocycles. The first-order valence-corrected chi connectivity index (χ1v) is 13.9. The van der Waals surface area contributed by atoms with Crippen LogP contribution in [0.5, 0.6) is 5.75 Å². The molecule has 7 nitrogen and oxygen atoms in total. The zero-order valence-corrected chi connectivity index (χ0v) is 24.1. The second-order valence-electron chi connectivity index (χ2n) is 12.5. The van der Waals surface area contributed by atoms with Crippen molar-refractivity contribution < 1.29 is 28.6 Å². The van der Waals surface area contributed by atoms with Crippen LogP contribution in [0.15, 0.2) is 41.5 Å². The minimum absolute atomic E-state index is 0.115. The topological polar surface area (TPSA) is 88.1 Å². The van der Waals surface area contributed by atoms with E-state index in [-0.39, 0.29) is 36.0 Å². The lowest BCUT2D eigenvalue weighted by Gasteiger charge is -2.45. The van der Waals surface area contributed by atoms with Gasteiger partial charge in [-0.1, -0.05) is 29.9 Å². The van der Waals surface area contributed by atoms with Crippen molar-refractivity contribution in [1.82, 2.24) is 10.2 Å². The number of nitrogens with zero attached hydrogens (tertiary/aromatic N) is 1. The lowest BCUT2D eigenvalue weighted by molar-refractivity contribution is -0.172. The second kappa shape index (κ2) is 11.5. The summed E-state index contributed by atoms with van der Waals surface area (Å²) >= 11 is 0. The average molecular weight is 543 g/mol. The number of amides is 2. The Morgan fingerprint density at radius 1 is 1.18 bits per heavy atom. The maximum atomic E-state index is 15.2. The number of nitrogens with one attached hydrogen (secondary N) is 1. The van der Waals surface area contributed by atoms with E-state index in [0.29, 0.717) is 41.2 Å². The number of allylic oxidation sites excluding steroid dienone is 3. The molecule has 2 N–H and O–H groups in total. The molecule has 3 atom stereocenters. The van der Waals surface area contributed by atoms with Crippen LogP contribution in [0.1, 0.15) is 83.6 Å². The van der Waals surface area contributed by atoms with Crippen LogP contribution in [0.2, 0.25) is 0 Å². The predicted octanol–water partition coefficient (Wildman–Crippen LogP) is 5.07. The van der Waals surface area contributed by atoms with Crippen molar-refractivity contribution in [2.45, 2.75) is 103 Å². The Hall–Kier alpha value is -2.55. The molecule has 2 unspecified atom stereocenters. The van der Waals surface area contributed by atoms with E-state index in [1.807, 2.05) is 19.1 Å². The van der Waals surface area contributed by atoms with E-state index in [9.17, 15) is 14.7 Å². The van der Waals surface area contributed by atoms with Gasteiger partial charge in [0.2, 0.25) is 11.8 Å².